The summed E-state index contributed by atoms with van der Waals surface area (Å²) < 4.78 is 60.6. The average Bonchev–Trinajstić information content (AvgIpc) is 1.97. The molecule has 10 heteroatoms. The third-order valence-electron chi connectivity index (χ3n) is 1.91. The van der Waals surface area contributed by atoms with Gasteiger partial charge in [0.1, 0.15) is 10.2 Å². The molecule has 16 heavy (non-hydrogen) atoms. The summed E-state index contributed by atoms with van der Waals surface area (Å²) >= 11 is 0. The molecule has 0 aliphatic heterocycles. The fraction of sp³-hybridized carbons (Fsp3) is 0.333. The third kappa shape index (κ3) is 2.52. The third-order valence-corrected chi connectivity index (χ3v) is 3.91. The summed E-state index contributed by atoms with van der Waals surface area (Å²) in [5, 5.41) is 12.6. The Hall–Kier alpha value is -1.10. The Morgan fingerprint density at radius 1 is 1.19 bits per heavy atom. The number of rotatable bonds is 2. The Balaban J connectivity index is 3.42. The number of hydrogen-bond donors (Lipinski definition) is 4. The van der Waals surface area contributed by atoms with Crippen LogP contribution in [0.4, 0.5) is 0 Å². The first-order valence-corrected chi connectivity index (χ1v) is 6.78. The normalized spacial score (nSPS) is 23.1. The highest BCUT2D eigenvalue weighted by Gasteiger charge is 2.35. The summed E-state index contributed by atoms with van der Waals surface area (Å²) in [6, 6.07) is 0. The van der Waals surface area contributed by atoms with E-state index in [9.17, 15) is 16.8 Å². The van der Waals surface area contributed by atoms with E-state index in [4.69, 9.17) is 19.9 Å². The molecule has 0 saturated heterocycles. The van der Waals surface area contributed by atoms with Crippen molar-refractivity contribution in [2.45, 2.75) is 11.7 Å². The fourth-order valence-electron chi connectivity index (χ4n) is 1.22. The van der Waals surface area contributed by atoms with Gasteiger partial charge in [0.05, 0.1) is 5.71 Å². The number of hydrogen-bond acceptors (Lipinski definition) is 6. The molecule has 0 heterocycles. The zero-order valence-corrected chi connectivity index (χ0v) is 9.34. The molecule has 90 valence electrons. The van der Waals surface area contributed by atoms with Gasteiger partial charge in [0, 0.05) is 12.1 Å². The SMILES string of the molecule is N=C1CC(=N)C(S(=O)(=O)O)C=C1S(=O)(=O)O. The lowest BCUT2D eigenvalue weighted by molar-refractivity contribution is 0.482. The van der Waals surface area contributed by atoms with Crippen molar-refractivity contribution in [1.29, 1.82) is 10.8 Å². The van der Waals surface area contributed by atoms with Gasteiger partial charge in [-0.2, -0.15) is 16.8 Å². The number of allylic oxidation sites excluding steroid dienone is 1. The highest BCUT2D eigenvalue weighted by molar-refractivity contribution is 7.91. The molecule has 0 fully saturated rings. The van der Waals surface area contributed by atoms with E-state index < -0.39 is 48.2 Å². The summed E-state index contributed by atoms with van der Waals surface area (Å²) in [6.45, 7) is 0. The van der Waals surface area contributed by atoms with E-state index in [0.717, 1.165) is 0 Å². The summed E-state index contributed by atoms with van der Waals surface area (Å²) in [5.74, 6) is 0. The van der Waals surface area contributed by atoms with E-state index in [1.807, 2.05) is 0 Å². The van der Waals surface area contributed by atoms with Crippen LogP contribution in [0.5, 0.6) is 0 Å². The first-order chi connectivity index (χ1) is 7.03. The van der Waals surface area contributed by atoms with Gasteiger partial charge in [0.15, 0.2) is 0 Å². The van der Waals surface area contributed by atoms with Crippen molar-refractivity contribution in [3.8, 4) is 0 Å². The van der Waals surface area contributed by atoms with Gasteiger partial charge in [-0.1, -0.05) is 0 Å². The van der Waals surface area contributed by atoms with Crippen molar-refractivity contribution in [3.63, 3.8) is 0 Å². The maximum absolute atomic E-state index is 10.8. The molecule has 0 aromatic carbocycles. The summed E-state index contributed by atoms with van der Waals surface area (Å²) in [7, 11) is -9.39. The van der Waals surface area contributed by atoms with Crippen LogP contribution >= 0.6 is 0 Å². The molecule has 1 aliphatic carbocycles. The lowest BCUT2D eigenvalue weighted by atomic mass is 10.0. The van der Waals surface area contributed by atoms with Crippen LogP contribution in [0.2, 0.25) is 0 Å². The second-order valence-corrected chi connectivity index (χ2v) is 6.05. The molecular weight excluding hydrogens is 260 g/mol. The average molecular weight is 268 g/mol. The monoisotopic (exact) mass is 268 g/mol. The van der Waals surface area contributed by atoms with Crippen LogP contribution in [0.1, 0.15) is 6.42 Å². The van der Waals surface area contributed by atoms with E-state index >= 15 is 0 Å². The van der Waals surface area contributed by atoms with Crippen LogP contribution in [-0.2, 0) is 20.2 Å². The Kier molecular flexibility index (Phi) is 3.02. The van der Waals surface area contributed by atoms with E-state index in [1.54, 1.807) is 0 Å². The van der Waals surface area contributed by atoms with E-state index in [-0.39, 0.29) is 0 Å². The Bertz CT molecular complexity index is 585. The van der Waals surface area contributed by atoms with Gasteiger partial charge in [0.2, 0.25) is 0 Å². The molecule has 0 spiro atoms. The smallest absolute Gasteiger partial charge is 0.296 e. The van der Waals surface area contributed by atoms with Gasteiger partial charge in [0.25, 0.3) is 20.2 Å². The van der Waals surface area contributed by atoms with Gasteiger partial charge >= 0.3 is 0 Å². The van der Waals surface area contributed by atoms with E-state index in [1.165, 1.54) is 0 Å². The van der Waals surface area contributed by atoms with Crippen LogP contribution in [0, 0.1) is 10.8 Å². The minimum Gasteiger partial charge on any atom is -0.307 e. The summed E-state index contributed by atoms with van der Waals surface area (Å²) in [6.07, 6.45) is -0.0884. The summed E-state index contributed by atoms with van der Waals surface area (Å²) in [4.78, 5) is -0.897. The molecule has 1 atom stereocenters. The van der Waals surface area contributed by atoms with Gasteiger partial charge in [-0.05, 0) is 6.08 Å². The van der Waals surface area contributed by atoms with Crippen molar-refractivity contribution in [1.82, 2.24) is 0 Å². The van der Waals surface area contributed by atoms with Crippen molar-refractivity contribution in [3.05, 3.63) is 11.0 Å². The summed E-state index contributed by atoms with van der Waals surface area (Å²) in [5.41, 5.74) is -1.12. The molecule has 1 unspecified atom stereocenters. The lowest BCUT2D eigenvalue weighted by Gasteiger charge is -2.19. The molecule has 0 bridgehead atoms. The first-order valence-electron chi connectivity index (χ1n) is 3.84. The molecule has 0 aromatic rings. The zero-order chi connectivity index (χ0) is 12.7. The largest absolute Gasteiger partial charge is 0.307 e. The standard InChI is InChI=1S/C6H8N2O6S2/c7-3-1-4(8)6(16(12,13)14)2-5(3)15(9,10)11/h2,5,7-8H,1H2,(H,9,10,11)(H,12,13,14). The molecule has 0 amide bonds. The second kappa shape index (κ2) is 3.73. The maximum atomic E-state index is 10.8. The van der Waals surface area contributed by atoms with Crippen LogP contribution in [-0.4, -0.2) is 42.6 Å². The molecule has 0 saturated carbocycles. The Morgan fingerprint density at radius 3 is 2.06 bits per heavy atom. The van der Waals surface area contributed by atoms with Crippen molar-refractivity contribution < 1.29 is 25.9 Å². The topological polar surface area (TPSA) is 156 Å². The molecule has 1 rings (SSSR count). The molecular formula is C6H8N2O6S2. The van der Waals surface area contributed by atoms with Gasteiger partial charge < -0.3 is 10.8 Å². The van der Waals surface area contributed by atoms with Crippen molar-refractivity contribution in [2.75, 3.05) is 0 Å². The Morgan fingerprint density at radius 2 is 1.69 bits per heavy atom. The Labute approximate surface area is 91.5 Å². The van der Waals surface area contributed by atoms with E-state index in [0.29, 0.717) is 6.08 Å². The lowest BCUT2D eigenvalue weighted by Crippen LogP contribution is -2.35. The van der Waals surface area contributed by atoms with Crippen molar-refractivity contribution >= 4 is 31.7 Å². The minimum atomic E-state index is -4.73. The maximum Gasteiger partial charge on any atom is 0.296 e. The first kappa shape index (κ1) is 13.0. The predicted octanol–water partition coefficient (Wildman–Crippen LogP) is -0.542. The minimum absolute atomic E-state index is 0.471. The van der Waals surface area contributed by atoms with Crippen LogP contribution < -0.4 is 0 Å². The van der Waals surface area contributed by atoms with Gasteiger partial charge in [-0.25, -0.2) is 0 Å². The molecule has 1 aliphatic rings. The highest BCUT2D eigenvalue weighted by Crippen LogP contribution is 2.21. The highest BCUT2D eigenvalue weighted by atomic mass is 32.2. The van der Waals surface area contributed by atoms with Gasteiger partial charge in [-0.15, -0.1) is 0 Å². The second-order valence-electron chi connectivity index (χ2n) is 3.12. The molecule has 0 aromatic heterocycles. The molecule has 8 nitrogen and oxygen atoms in total. The van der Waals surface area contributed by atoms with Gasteiger partial charge in [-0.3, -0.25) is 9.11 Å². The number of nitrogens with one attached hydrogen (secondary N) is 2. The van der Waals surface area contributed by atoms with Crippen LogP contribution in [0.3, 0.4) is 0 Å². The van der Waals surface area contributed by atoms with Crippen LogP contribution in [0.15, 0.2) is 11.0 Å². The molecule has 0 radical (unpaired) electrons. The zero-order valence-electron chi connectivity index (χ0n) is 7.71. The predicted molar refractivity (Wildman–Crippen MR) is 55.0 cm³/mol. The molecule has 4 N–H and O–H groups in total. The fourth-order valence-corrected chi connectivity index (χ4v) is 2.75. The van der Waals surface area contributed by atoms with E-state index in [2.05, 4.69) is 0 Å². The van der Waals surface area contributed by atoms with Crippen molar-refractivity contribution in [2.24, 2.45) is 0 Å². The van der Waals surface area contributed by atoms with Crippen LogP contribution in [0.25, 0.3) is 0 Å². The quantitative estimate of drug-likeness (QED) is 0.492.